The summed E-state index contributed by atoms with van der Waals surface area (Å²) in [7, 11) is 0. The van der Waals surface area contributed by atoms with E-state index < -0.39 is 0 Å². The van der Waals surface area contributed by atoms with Crippen LogP contribution in [0.25, 0.3) is 0 Å². The van der Waals surface area contributed by atoms with Gasteiger partial charge in [-0.3, -0.25) is 4.79 Å². The van der Waals surface area contributed by atoms with Crippen LogP contribution in [0.5, 0.6) is 0 Å². The van der Waals surface area contributed by atoms with Crippen molar-refractivity contribution >= 4 is 29.4 Å². The molecule has 1 saturated carbocycles. The maximum atomic E-state index is 12.0. The zero-order valence-electron chi connectivity index (χ0n) is 11.2. The van der Waals surface area contributed by atoms with E-state index in [1.165, 1.54) is 24.6 Å². The molecule has 106 valence electrons. The largest absolute Gasteiger partial charge is 0.415 e. The Kier molecular flexibility index (Phi) is 5.57. The molecule has 1 fully saturated rings. The fourth-order valence-corrected chi connectivity index (χ4v) is 3.13. The lowest BCUT2D eigenvalue weighted by atomic mass is 10.2. The molecule has 0 spiro atoms. The zero-order chi connectivity index (χ0) is 13.7. The smallest absolute Gasteiger partial charge is 0.277 e. The van der Waals surface area contributed by atoms with E-state index in [0.29, 0.717) is 22.9 Å². The van der Waals surface area contributed by atoms with E-state index in [2.05, 4.69) is 15.5 Å². The van der Waals surface area contributed by atoms with Crippen molar-refractivity contribution in [2.75, 3.05) is 6.26 Å². The van der Waals surface area contributed by atoms with Crippen LogP contribution in [0.1, 0.15) is 38.5 Å². The molecule has 5 nitrogen and oxygen atoms in total. The van der Waals surface area contributed by atoms with Gasteiger partial charge in [-0.15, -0.1) is 10.2 Å². The first-order valence-electron chi connectivity index (χ1n) is 6.47. The number of amides is 1. The van der Waals surface area contributed by atoms with Crippen molar-refractivity contribution in [3.05, 3.63) is 5.89 Å². The first-order chi connectivity index (χ1) is 9.19. The number of hydrogen-bond acceptors (Lipinski definition) is 6. The van der Waals surface area contributed by atoms with Gasteiger partial charge in [-0.05, 0) is 26.0 Å². The Labute approximate surface area is 121 Å². The van der Waals surface area contributed by atoms with Crippen LogP contribution < -0.4 is 5.32 Å². The van der Waals surface area contributed by atoms with Crippen LogP contribution in [0.2, 0.25) is 0 Å². The summed E-state index contributed by atoms with van der Waals surface area (Å²) in [6, 6.07) is 0.352. The van der Waals surface area contributed by atoms with Crippen molar-refractivity contribution in [2.24, 2.45) is 0 Å². The molecule has 0 radical (unpaired) electrons. The highest BCUT2D eigenvalue weighted by molar-refractivity contribution is 8.00. The van der Waals surface area contributed by atoms with Crippen molar-refractivity contribution in [3.8, 4) is 0 Å². The topological polar surface area (TPSA) is 68.0 Å². The minimum atomic E-state index is -0.205. The van der Waals surface area contributed by atoms with Gasteiger partial charge in [0.2, 0.25) is 11.8 Å². The minimum Gasteiger partial charge on any atom is -0.415 e. The minimum absolute atomic E-state index is 0.0570. The standard InChI is InChI=1S/C12H19N3O2S2/c1-8(11(16)13-9-5-3-4-6-9)19-12-15-14-10(17-12)7-18-2/h8-9H,3-7H2,1-2H3,(H,13,16). The van der Waals surface area contributed by atoms with Crippen molar-refractivity contribution in [2.45, 2.75) is 54.9 Å². The Bertz CT molecular complexity index is 419. The molecule has 2 rings (SSSR count). The average molecular weight is 301 g/mol. The molecule has 1 heterocycles. The lowest BCUT2D eigenvalue weighted by Crippen LogP contribution is -2.37. The van der Waals surface area contributed by atoms with E-state index in [1.807, 2.05) is 13.2 Å². The predicted octanol–water partition coefficient (Wildman–Crippen LogP) is 2.47. The molecule has 1 atom stereocenters. The zero-order valence-corrected chi connectivity index (χ0v) is 12.9. The number of aromatic nitrogens is 2. The van der Waals surface area contributed by atoms with Gasteiger partial charge < -0.3 is 9.73 Å². The monoisotopic (exact) mass is 301 g/mol. The number of thioether (sulfide) groups is 2. The van der Waals surface area contributed by atoms with Crippen molar-refractivity contribution in [3.63, 3.8) is 0 Å². The van der Waals surface area contributed by atoms with E-state index in [9.17, 15) is 4.79 Å². The van der Waals surface area contributed by atoms with Crippen molar-refractivity contribution in [1.82, 2.24) is 15.5 Å². The third kappa shape index (κ3) is 4.42. The van der Waals surface area contributed by atoms with E-state index in [-0.39, 0.29) is 11.2 Å². The first kappa shape index (κ1) is 14.7. The van der Waals surface area contributed by atoms with Crippen LogP contribution in [0.3, 0.4) is 0 Å². The van der Waals surface area contributed by atoms with E-state index in [0.717, 1.165) is 12.8 Å². The molecule has 0 saturated heterocycles. The second-order valence-electron chi connectivity index (χ2n) is 4.64. The van der Waals surface area contributed by atoms with Gasteiger partial charge in [0.1, 0.15) is 0 Å². The van der Waals surface area contributed by atoms with Gasteiger partial charge in [0.05, 0.1) is 11.0 Å². The second-order valence-corrected chi connectivity index (χ2v) is 6.80. The van der Waals surface area contributed by atoms with Crippen LogP contribution in [0.4, 0.5) is 0 Å². The third-order valence-electron chi connectivity index (χ3n) is 3.06. The molecule has 0 aromatic carbocycles. The summed E-state index contributed by atoms with van der Waals surface area (Å²) in [4.78, 5) is 12.0. The van der Waals surface area contributed by atoms with Gasteiger partial charge >= 0.3 is 0 Å². The quantitative estimate of drug-likeness (QED) is 0.814. The third-order valence-corrected chi connectivity index (χ3v) is 4.53. The maximum absolute atomic E-state index is 12.0. The molecule has 1 aromatic rings. The summed E-state index contributed by atoms with van der Waals surface area (Å²) in [6.07, 6.45) is 6.61. The van der Waals surface area contributed by atoms with Crippen LogP contribution in [-0.2, 0) is 10.5 Å². The molecule has 0 bridgehead atoms. The van der Waals surface area contributed by atoms with Crippen LogP contribution in [0.15, 0.2) is 9.64 Å². The van der Waals surface area contributed by atoms with Gasteiger partial charge in [0.15, 0.2) is 0 Å². The molecule has 1 unspecified atom stereocenters. The molecular weight excluding hydrogens is 282 g/mol. The highest BCUT2D eigenvalue weighted by Gasteiger charge is 2.22. The molecule has 19 heavy (non-hydrogen) atoms. The summed E-state index contributed by atoms with van der Waals surface area (Å²) in [5.41, 5.74) is 0. The number of carbonyl (C=O) groups is 1. The normalized spacial score (nSPS) is 17.6. The molecule has 1 aromatic heterocycles. The first-order valence-corrected chi connectivity index (χ1v) is 8.74. The summed E-state index contributed by atoms with van der Waals surface area (Å²) in [5, 5.41) is 11.2. The average Bonchev–Trinajstić information content (AvgIpc) is 3.02. The molecule has 0 aliphatic heterocycles. The number of nitrogens with zero attached hydrogens (tertiary/aromatic N) is 2. The highest BCUT2D eigenvalue weighted by Crippen LogP contribution is 2.24. The number of nitrogens with one attached hydrogen (secondary N) is 1. The summed E-state index contributed by atoms with van der Waals surface area (Å²) < 4.78 is 5.45. The van der Waals surface area contributed by atoms with Gasteiger partial charge in [-0.25, -0.2) is 0 Å². The summed E-state index contributed by atoms with van der Waals surface area (Å²) in [6.45, 7) is 1.87. The van der Waals surface area contributed by atoms with Crippen molar-refractivity contribution in [1.29, 1.82) is 0 Å². The van der Waals surface area contributed by atoms with E-state index >= 15 is 0 Å². The number of hydrogen-bond donors (Lipinski definition) is 1. The van der Waals surface area contributed by atoms with Gasteiger partial charge in [0.25, 0.3) is 5.22 Å². The Hall–Kier alpha value is -0.690. The fourth-order valence-electron chi connectivity index (χ4n) is 2.06. The lowest BCUT2D eigenvalue weighted by molar-refractivity contribution is -0.120. The van der Waals surface area contributed by atoms with Gasteiger partial charge in [-0.2, -0.15) is 11.8 Å². The molecule has 1 aliphatic carbocycles. The van der Waals surface area contributed by atoms with Gasteiger partial charge in [0, 0.05) is 6.04 Å². The predicted molar refractivity (Wildman–Crippen MR) is 77.2 cm³/mol. The summed E-state index contributed by atoms with van der Waals surface area (Å²) in [5.74, 6) is 1.37. The fraction of sp³-hybridized carbons (Fsp3) is 0.750. The Balaban J connectivity index is 1.81. The highest BCUT2D eigenvalue weighted by atomic mass is 32.2. The lowest BCUT2D eigenvalue weighted by Gasteiger charge is -2.14. The Morgan fingerprint density at radius 3 is 2.89 bits per heavy atom. The summed E-state index contributed by atoms with van der Waals surface area (Å²) >= 11 is 2.95. The molecule has 1 aliphatic rings. The number of carbonyl (C=O) groups excluding carboxylic acids is 1. The molecule has 1 amide bonds. The molecule has 7 heteroatoms. The van der Waals surface area contributed by atoms with E-state index in [1.54, 1.807) is 11.8 Å². The molecular formula is C12H19N3O2S2. The number of rotatable bonds is 6. The Morgan fingerprint density at radius 2 is 2.21 bits per heavy atom. The van der Waals surface area contributed by atoms with Crippen LogP contribution in [0, 0.1) is 0 Å². The van der Waals surface area contributed by atoms with Gasteiger partial charge in [-0.1, -0.05) is 24.6 Å². The van der Waals surface area contributed by atoms with Crippen LogP contribution in [-0.4, -0.2) is 33.7 Å². The SMILES string of the molecule is CSCc1nnc(SC(C)C(=O)NC2CCCC2)o1. The van der Waals surface area contributed by atoms with Crippen LogP contribution >= 0.6 is 23.5 Å². The van der Waals surface area contributed by atoms with E-state index in [4.69, 9.17) is 4.42 Å². The molecule has 1 N–H and O–H groups in total. The maximum Gasteiger partial charge on any atom is 0.277 e. The van der Waals surface area contributed by atoms with Crippen molar-refractivity contribution < 1.29 is 9.21 Å². The Morgan fingerprint density at radius 1 is 1.47 bits per heavy atom. The second kappa shape index (κ2) is 7.19.